The fourth-order valence-corrected chi connectivity index (χ4v) is 1.59. The van der Waals surface area contributed by atoms with Crippen molar-refractivity contribution in [1.29, 1.82) is 0 Å². The van der Waals surface area contributed by atoms with Crippen molar-refractivity contribution < 1.29 is 5.11 Å². The van der Waals surface area contributed by atoms with Gasteiger partial charge in [0.05, 0.1) is 0 Å². The van der Waals surface area contributed by atoms with Crippen molar-refractivity contribution >= 4 is 0 Å². The molecular weight excluding hydrogens is 138 g/mol. The van der Waals surface area contributed by atoms with Crippen molar-refractivity contribution in [3.63, 3.8) is 0 Å². The predicted octanol–water partition coefficient (Wildman–Crippen LogP) is 1.84. The van der Waals surface area contributed by atoms with Crippen LogP contribution in [0.3, 0.4) is 0 Å². The number of aliphatic hydroxyl groups excluding tert-OH is 1. The van der Waals surface area contributed by atoms with Crippen molar-refractivity contribution in [3.05, 3.63) is 0 Å². The average molecular weight is 159 g/mol. The molecule has 0 heterocycles. The zero-order chi connectivity index (χ0) is 8.85. The third kappa shape index (κ3) is 3.21. The Bertz CT molecular complexity index is 89.6. The molecule has 0 fully saturated rings. The van der Waals surface area contributed by atoms with Gasteiger partial charge in [-0.15, -0.1) is 0 Å². The third-order valence-corrected chi connectivity index (χ3v) is 2.26. The van der Waals surface area contributed by atoms with Gasteiger partial charge >= 0.3 is 0 Å². The van der Waals surface area contributed by atoms with Crippen molar-refractivity contribution in [3.8, 4) is 0 Å². The van der Waals surface area contributed by atoms with Crippen LogP contribution in [-0.4, -0.2) is 28.8 Å². The highest BCUT2D eigenvalue weighted by Crippen LogP contribution is 2.10. The van der Waals surface area contributed by atoms with E-state index in [0.717, 1.165) is 19.4 Å². The first-order valence-electron chi connectivity index (χ1n) is 4.61. The van der Waals surface area contributed by atoms with E-state index >= 15 is 0 Å². The largest absolute Gasteiger partial charge is 0.379 e. The predicted molar refractivity (Wildman–Crippen MR) is 48.4 cm³/mol. The van der Waals surface area contributed by atoms with Crippen molar-refractivity contribution in [1.82, 2.24) is 4.90 Å². The van der Waals surface area contributed by atoms with E-state index < -0.39 is 0 Å². The molecule has 1 N–H and O–H groups in total. The molecule has 1 atom stereocenters. The first kappa shape index (κ1) is 10.9. The lowest BCUT2D eigenvalue weighted by Crippen LogP contribution is -2.40. The van der Waals surface area contributed by atoms with Crippen molar-refractivity contribution in [2.75, 3.05) is 6.54 Å². The molecule has 0 aliphatic rings. The molecule has 68 valence electrons. The Hall–Kier alpha value is -0.0800. The molecule has 0 aromatic rings. The van der Waals surface area contributed by atoms with Crippen LogP contribution >= 0.6 is 0 Å². The molecule has 0 rings (SSSR count). The second kappa shape index (κ2) is 5.56. The van der Waals surface area contributed by atoms with Gasteiger partial charge in [-0.2, -0.15) is 0 Å². The van der Waals surface area contributed by atoms with E-state index in [1.54, 1.807) is 0 Å². The van der Waals surface area contributed by atoms with Crippen molar-refractivity contribution in [2.45, 2.75) is 52.8 Å². The maximum Gasteiger partial charge on any atom is 0.104 e. The quantitative estimate of drug-likeness (QED) is 0.619. The van der Waals surface area contributed by atoms with Gasteiger partial charge in [-0.25, -0.2) is 0 Å². The summed E-state index contributed by atoms with van der Waals surface area (Å²) in [7, 11) is 0. The minimum Gasteiger partial charge on any atom is -0.379 e. The molecule has 0 bridgehead atoms. The molecule has 0 saturated carbocycles. The Morgan fingerprint density at radius 3 is 1.73 bits per heavy atom. The van der Waals surface area contributed by atoms with E-state index in [1.807, 2.05) is 6.92 Å². The number of hydrogen-bond donors (Lipinski definition) is 1. The van der Waals surface area contributed by atoms with E-state index in [2.05, 4.69) is 25.7 Å². The lowest BCUT2D eigenvalue weighted by molar-refractivity contribution is -0.0102. The summed E-state index contributed by atoms with van der Waals surface area (Å²) in [6.07, 6.45) is 1.94. The standard InChI is InChI=1S/C9H21NO/c1-5-9(6-2)10(7-3)8(4)11/h8-9,11H,5-7H2,1-4H3. The van der Waals surface area contributed by atoms with Crippen molar-refractivity contribution in [2.24, 2.45) is 0 Å². The van der Waals surface area contributed by atoms with Crippen LogP contribution < -0.4 is 0 Å². The zero-order valence-corrected chi connectivity index (χ0v) is 8.17. The summed E-state index contributed by atoms with van der Waals surface area (Å²) in [5.74, 6) is 0. The fourth-order valence-electron chi connectivity index (χ4n) is 1.59. The second-order valence-electron chi connectivity index (χ2n) is 2.93. The van der Waals surface area contributed by atoms with E-state index in [-0.39, 0.29) is 6.23 Å². The van der Waals surface area contributed by atoms with Crippen LogP contribution in [0.4, 0.5) is 0 Å². The van der Waals surface area contributed by atoms with Gasteiger partial charge in [-0.3, -0.25) is 4.90 Å². The maximum absolute atomic E-state index is 9.37. The van der Waals surface area contributed by atoms with Crippen LogP contribution in [0, 0.1) is 0 Å². The smallest absolute Gasteiger partial charge is 0.104 e. The average Bonchev–Trinajstić information content (AvgIpc) is 1.99. The van der Waals surface area contributed by atoms with Crippen LogP contribution in [-0.2, 0) is 0 Å². The summed E-state index contributed by atoms with van der Waals surface area (Å²) < 4.78 is 0. The van der Waals surface area contributed by atoms with E-state index in [1.165, 1.54) is 0 Å². The number of hydrogen-bond acceptors (Lipinski definition) is 2. The normalized spacial score (nSPS) is 14.5. The number of rotatable bonds is 5. The Labute approximate surface area is 70.2 Å². The molecule has 0 aliphatic carbocycles. The molecule has 2 heteroatoms. The molecule has 0 aromatic heterocycles. The zero-order valence-electron chi connectivity index (χ0n) is 8.17. The summed E-state index contributed by atoms with van der Waals surface area (Å²) in [6, 6.07) is 0.542. The van der Waals surface area contributed by atoms with Crippen LogP contribution in [0.5, 0.6) is 0 Å². The first-order chi connectivity index (χ1) is 5.17. The van der Waals surface area contributed by atoms with Gasteiger partial charge in [-0.05, 0) is 26.3 Å². The minimum absolute atomic E-state index is 0.301. The molecule has 0 saturated heterocycles. The summed E-state index contributed by atoms with van der Waals surface area (Å²) in [6.45, 7) is 9.19. The molecule has 2 nitrogen and oxygen atoms in total. The Morgan fingerprint density at radius 2 is 1.64 bits per heavy atom. The SMILES string of the molecule is CCC(CC)N(CC)C(C)O. The highest BCUT2D eigenvalue weighted by Gasteiger charge is 2.16. The maximum atomic E-state index is 9.37. The summed E-state index contributed by atoms with van der Waals surface area (Å²) in [4.78, 5) is 2.12. The second-order valence-corrected chi connectivity index (χ2v) is 2.93. The van der Waals surface area contributed by atoms with Gasteiger partial charge in [0.25, 0.3) is 0 Å². The topological polar surface area (TPSA) is 23.5 Å². The summed E-state index contributed by atoms with van der Waals surface area (Å²) in [5.41, 5.74) is 0. The number of aliphatic hydroxyl groups is 1. The Morgan fingerprint density at radius 1 is 1.18 bits per heavy atom. The van der Waals surface area contributed by atoms with Crippen LogP contribution in [0.15, 0.2) is 0 Å². The molecule has 0 aromatic carbocycles. The van der Waals surface area contributed by atoms with Gasteiger partial charge in [0, 0.05) is 6.04 Å². The molecule has 0 spiro atoms. The molecule has 0 radical (unpaired) electrons. The summed E-state index contributed by atoms with van der Waals surface area (Å²) in [5, 5.41) is 9.37. The molecular formula is C9H21NO. The third-order valence-electron chi connectivity index (χ3n) is 2.26. The van der Waals surface area contributed by atoms with Crippen LogP contribution in [0.2, 0.25) is 0 Å². The van der Waals surface area contributed by atoms with Gasteiger partial charge < -0.3 is 5.11 Å². The van der Waals surface area contributed by atoms with Gasteiger partial charge in [-0.1, -0.05) is 20.8 Å². The molecule has 0 amide bonds. The Kier molecular flexibility index (Phi) is 5.51. The molecule has 0 aliphatic heterocycles. The lowest BCUT2D eigenvalue weighted by atomic mass is 10.1. The minimum atomic E-state index is -0.301. The van der Waals surface area contributed by atoms with Crippen LogP contribution in [0.25, 0.3) is 0 Å². The number of nitrogens with zero attached hydrogens (tertiary/aromatic N) is 1. The van der Waals surface area contributed by atoms with Gasteiger partial charge in [0.2, 0.25) is 0 Å². The summed E-state index contributed by atoms with van der Waals surface area (Å²) >= 11 is 0. The Balaban J connectivity index is 3.98. The lowest BCUT2D eigenvalue weighted by Gasteiger charge is -2.31. The molecule has 1 unspecified atom stereocenters. The fraction of sp³-hybridized carbons (Fsp3) is 1.00. The van der Waals surface area contributed by atoms with E-state index in [9.17, 15) is 5.11 Å². The highest BCUT2D eigenvalue weighted by molar-refractivity contribution is 4.67. The van der Waals surface area contributed by atoms with Gasteiger partial charge in [0.15, 0.2) is 0 Å². The van der Waals surface area contributed by atoms with E-state index in [4.69, 9.17) is 0 Å². The molecule has 11 heavy (non-hydrogen) atoms. The van der Waals surface area contributed by atoms with Crippen LogP contribution in [0.1, 0.15) is 40.5 Å². The van der Waals surface area contributed by atoms with Gasteiger partial charge in [0.1, 0.15) is 6.23 Å². The van der Waals surface area contributed by atoms with E-state index in [0.29, 0.717) is 6.04 Å². The highest BCUT2D eigenvalue weighted by atomic mass is 16.3. The first-order valence-corrected chi connectivity index (χ1v) is 4.61. The monoisotopic (exact) mass is 159 g/mol.